The van der Waals surface area contributed by atoms with Crippen LogP contribution < -0.4 is 14.8 Å². The summed E-state index contributed by atoms with van der Waals surface area (Å²) in [7, 11) is -4.13. The molecular formula is C16H16ClF4N3O5S2. The van der Waals surface area contributed by atoms with Gasteiger partial charge in [0.1, 0.15) is 22.1 Å². The SMILES string of the molecule is CC1(Oc2cc(F)c(S(=O)(=O)Nc3cscn3)cc2Cl)CCNC1.O=C(O)C(F)(F)F. The van der Waals surface area contributed by atoms with E-state index in [9.17, 15) is 26.0 Å². The van der Waals surface area contributed by atoms with Crippen molar-refractivity contribution in [1.82, 2.24) is 10.3 Å². The van der Waals surface area contributed by atoms with E-state index in [2.05, 4.69) is 15.0 Å². The number of hydrogen-bond donors (Lipinski definition) is 3. The van der Waals surface area contributed by atoms with E-state index in [0.29, 0.717) is 6.54 Å². The Morgan fingerprint density at radius 3 is 2.55 bits per heavy atom. The van der Waals surface area contributed by atoms with Crippen molar-refractivity contribution < 1.29 is 40.6 Å². The van der Waals surface area contributed by atoms with Gasteiger partial charge in [0.25, 0.3) is 10.0 Å². The Kier molecular flexibility index (Phi) is 7.73. The van der Waals surface area contributed by atoms with Crippen molar-refractivity contribution in [3.8, 4) is 5.75 Å². The number of alkyl halides is 3. The summed E-state index contributed by atoms with van der Waals surface area (Å²) in [6, 6.07) is 2.05. The van der Waals surface area contributed by atoms with Crippen LogP contribution >= 0.6 is 22.9 Å². The molecule has 1 aromatic carbocycles. The molecule has 0 spiro atoms. The van der Waals surface area contributed by atoms with Gasteiger partial charge >= 0.3 is 12.1 Å². The fourth-order valence-electron chi connectivity index (χ4n) is 2.40. The van der Waals surface area contributed by atoms with E-state index in [-0.39, 0.29) is 16.6 Å². The predicted octanol–water partition coefficient (Wildman–Crippen LogP) is 3.50. The summed E-state index contributed by atoms with van der Waals surface area (Å²) in [6.45, 7) is 3.28. The first-order valence-electron chi connectivity index (χ1n) is 8.33. The van der Waals surface area contributed by atoms with Crippen molar-refractivity contribution in [1.29, 1.82) is 0 Å². The molecule has 2 heterocycles. The Labute approximate surface area is 183 Å². The van der Waals surface area contributed by atoms with Gasteiger partial charge in [-0.05, 0) is 19.5 Å². The van der Waals surface area contributed by atoms with Crippen molar-refractivity contribution in [2.45, 2.75) is 30.0 Å². The quantitative estimate of drug-likeness (QED) is 0.532. The Morgan fingerprint density at radius 2 is 2.06 bits per heavy atom. The van der Waals surface area contributed by atoms with Gasteiger partial charge < -0.3 is 15.2 Å². The van der Waals surface area contributed by atoms with E-state index >= 15 is 0 Å². The average Bonchev–Trinajstić information content (AvgIpc) is 3.29. The maximum absolute atomic E-state index is 14.4. The number of halogens is 5. The number of carboxylic acid groups (broad SMARTS) is 1. The number of rotatable bonds is 5. The third-order valence-corrected chi connectivity index (χ3v) is 6.13. The molecule has 1 aromatic heterocycles. The van der Waals surface area contributed by atoms with E-state index in [0.717, 1.165) is 25.1 Å². The molecule has 2 aromatic rings. The zero-order valence-electron chi connectivity index (χ0n) is 15.7. The number of aromatic nitrogens is 1. The molecule has 1 atom stereocenters. The lowest BCUT2D eigenvalue weighted by atomic mass is 10.1. The number of anilines is 1. The summed E-state index contributed by atoms with van der Waals surface area (Å²) in [5, 5.41) is 11.8. The number of sulfonamides is 1. The number of hydrogen-bond acceptors (Lipinski definition) is 7. The van der Waals surface area contributed by atoms with Gasteiger partial charge in [-0.25, -0.2) is 22.6 Å². The molecule has 0 saturated carbocycles. The van der Waals surface area contributed by atoms with Gasteiger partial charge in [-0.15, -0.1) is 11.3 Å². The highest BCUT2D eigenvalue weighted by atomic mass is 35.5. The molecule has 1 unspecified atom stereocenters. The summed E-state index contributed by atoms with van der Waals surface area (Å²) >= 11 is 7.33. The summed E-state index contributed by atoms with van der Waals surface area (Å²) < 4.78 is 78.7. The second kappa shape index (κ2) is 9.54. The molecule has 0 amide bonds. The Morgan fingerprint density at radius 1 is 1.42 bits per heavy atom. The predicted molar refractivity (Wildman–Crippen MR) is 105 cm³/mol. The van der Waals surface area contributed by atoms with Crippen molar-refractivity contribution in [2.75, 3.05) is 17.8 Å². The first kappa shape index (κ1) is 25.1. The van der Waals surface area contributed by atoms with Crippen LogP contribution in [-0.4, -0.2) is 49.3 Å². The van der Waals surface area contributed by atoms with Gasteiger partial charge in [0, 0.05) is 24.4 Å². The van der Waals surface area contributed by atoms with Crippen molar-refractivity contribution in [2.24, 2.45) is 0 Å². The zero-order valence-corrected chi connectivity index (χ0v) is 18.1. The van der Waals surface area contributed by atoms with Gasteiger partial charge in [0.2, 0.25) is 0 Å². The minimum absolute atomic E-state index is 0.0307. The molecular weight excluding hydrogens is 490 g/mol. The largest absolute Gasteiger partial charge is 0.490 e. The summed E-state index contributed by atoms with van der Waals surface area (Å²) in [5.41, 5.74) is 0.962. The lowest BCUT2D eigenvalue weighted by Gasteiger charge is -2.25. The van der Waals surface area contributed by atoms with Crippen molar-refractivity contribution >= 4 is 44.7 Å². The first-order chi connectivity index (χ1) is 14.2. The lowest BCUT2D eigenvalue weighted by Crippen LogP contribution is -2.34. The molecule has 1 aliphatic heterocycles. The standard InChI is InChI=1S/C14H15ClFN3O3S2.C2HF3O2/c1-14(2-3-17-7-14)22-11-5-10(16)12(4-9(11)15)24(20,21)19-13-6-23-8-18-13;3-2(4,5)1(6)7/h4-6,8,17,19H,2-3,7H2,1H3;(H,6,7). The van der Waals surface area contributed by atoms with E-state index < -0.39 is 38.5 Å². The minimum atomic E-state index is -5.08. The number of nitrogens with zero attached hydrogens (tertiary/aromatic N) is 1. The van der Waals surface area contributed by atoms with Crippen LogP contribution in [0.1, 0.15) is 13.3 Å². The number of carboxylic acids is 1. The molecule has 3 rings (SSSR count). The van der Waals surface area contributed by atoms with Gasteiger partial charge in [-0.3, -0.25) is 4.72 Å². The highest BCUT2D eigenvalue weighted by molar-refractivity contribution is 7.92. The molecule has 3 N–H and O–H groups in total. The van der Waals surface area contributed by atoms with Gasteiger partial charge in [0.05, 0.1) is 10.5 Å². The summed E-state index contributed by atoms with van der Waals surface area (Å²) in [4.78, 5) is 12.2. The second-order valence-corrected chi connectivity index (χ2v) is 9.25. The molecule has 8 nitrogen and oxygen atoms in total. The summed E-state index contributed by atoms with van der Waals surface area (Å²) in [6.07, 6.45) is -4.34. The average molecular weight is 506 g/mol. The van der Waals surface area contributed by atoms with Crippen LogP contribution in [0.15, 0.2) is 27.9 Å². The third kappa shape index (κ3) is 6.92. The van der Waals surface area contributed by atoms with Gasteiger partial charge in [0.15, 0.2) is 5.82 Å². The maximum Gasteiger partial charge on any atom is 0.490 e. The van der Waals surface area contributed by atoms with Crippen molar-refractivity contribution in [3.05, 3.63) is 33.9 Å². The van der Waals surface area contributed by atoms with Crippen LogP contribution in [0.2, 0.25) is 5.02 Å². The Bertz CT molecular complexity index is 1030. The van der Waals surface area contributed by atoms with E-state index in [1.165, 1.54) is 22.2 Å². The van der Waals surface area contributed by atoms with Gasteiger partial charge in [-0.2, -0.15) is 13.2 Å². The number of ether oxygens (including phenoxy) is 1. The van der Waals surface area contributed by atoms with Crippen LogP contribution in [0.4, 0.5) is 23.4 Å². The summed E-state index contributed by atoms with van der Waals surface area (Å²) in [5.74, 6) is -3.45. The van der Waals surface area contributed by atoms with Gasteiger partial charge in [-0.1, -0.05) is 11.6 Å². The Balaban J connectivity index is 0.000000423. The van der Waals surface area contributed by atoms with Crippen LogP contribution in [0.3, 0.4) is 0 Å². The maximum atomic E-state index is 14.4. The van der Waals surface area contributed by atoms with E-state index in [1.54, 1.807) is 0 Å². The number of nitrogens with one attached hydrogen (secondary N) is 2. The molecule has 1 saturated heterocycles. The van der Waals surface area contributed by atoms with E-state index in [1.807, 2.05) is 6.92 Å². The zero-order chi connectivity index (χ0) is 23.4. The minimum Gasteiger partial charge on any atom is -0.485 e. The molecule has 1 fully saturated rings. The fraction of sp³-hybridized carbons (Fsp3) is 0.375. The van der Waals surface area contributed by atoms with Crippen molar-refractivity contribution in [3.63, 3.8) is 0 Å². The molecule has 15 heteroatoms. The monoisotopic (exact) mass is 505 g/mol. The first-order valence-corrected chi connectivity index (χ1v) is 11.1. The second-order valence-electron chi connectivity index (χ2n) is 6.47. The van der Waals surface area contributed by atoms with Crippen LogP contribution in [0.5, 0.6) is 5.75 Å². The number of carbonyl (C=O) groups is 1. The number of aliphatic carboxylic acids is 1. The number of thiazole rings is 1. The molecule has 0 radical (unpaired) electrons. The highest BCUT2D eigenvalue weighted by Crippen LogP contribution is 2.34. The molecule has 1 aliphatic rings. The van der Waals surface area contributed by atoms with Crippen LogP contribution in [-0.2, 0) is 14.8 Å². The van der Waals surface area contributed by atoms with E-state index in [4.69, 9.17) is 26.2 Å². The third-order valence-electron chi connectivity index (χ3n) is 3.88. The number of benzene rings is 1. The normalized spacial score (nSPS) is 18.8. The van der Waals surface area contributed by atoms with Crippen LogP contribution in [0.25, 0.3) is 0 Å². The topological polar surface area (TPSA) is 118 Å². The highest BCUT2D eigenvalue weighted by Gasteiger charge is 2.38. The molecule has 172 valence electrons. The Hall–Kier alpha value is -2.16. The van der Waals surface area contributed by atoms with Crippen LogP contribution in [0, 0.1) is 5.82 Å². The smallest absolute Gasteiger partial charge is 0.485 e. The molecule has 31 heavy (non-hydrogen) atoms. The fourth-order valence-corrected chi connectivity index (χ4v) is 4.31. The molecule has 0 bridgehead atoms. The lowest BCUT2D eigenvalue weighted by molar-refractivity contribution is -0.192. The molecule has 0 aliphatic carbocycles.